The summed E-state index contributed by atoms with van der Waals surface area (Å²) < 4.78 is 10.4. The maximum atomic E-state index is 11.0. The molecule has 0 bridgehead atoms. The third-order valence-corrected chi connectivity index (χ3v) is 2.84. The van der Waals surface area contributed by atoms with E-state index in [4.69, 9.17) is 4.74 Å². The number of methoxy groups -OCH3 is 1. The maximum absolute atomic E-state index is 11.0. The van der Waals surface area contributed by atoms with Gasteiger partial charge in [-0.1, -0.05) is 12.1 Å². The topological polar surface area (TPSA) is 47.6 Å². The zero-order valence-electron chi connectivity index (χ0n) is 9.94. The van der Waals surface area contributed by atoms with E-state index in [0.717, 1.165) is 30.8 Å². The first-order valence-corrected chi connectivity index (χ1v) is 5.86. The fourth-order valence-corrected chi connectivity index (χ4v) is 1.90. The third-order valence-electron chi connectivity index (χ3n) is 2.84. The summed E-state index contributed by atoms with van der Waals surface area (Å²) in [4.78, 5) is 11.0. The average molecular weight is 235 g/mol. The largest absolute Gasteiger partial charge is 0.486 e. The lowest BCUT2D eigenvalue weighted by Crippen LogP contribution is -2.30. The zero-order chi connectivity index (χ0) is 12.1. The molecule has 4 heteroatoms. The van der Waals surface area contributed by atoms with E-state index in [1.54, 1.807) is 0 Å². The number of hydrogen-bond acceptors (Lipinski definition) is 4. The Bertz CT molecular complexity index is 392. The highest BCUT2D eigenvalue weighted by Gasteiger charge is 2.18. The van der Waals surface area contributed by atoms with Crippen LogP contribution < -0.4 is 10.1 Å². The van der Waals surface area contributed by atoms with Crippen molar-refractivity contribution in [2.75, 3.05) is 19.0 Å². The number of fused-ring (bicyclic) bond motifs is 1. The van der Waals surface area contributed by atoms with Crippen LogP contribution in [0.5, 0.6) is 5.75 Å². The van der Waals surface area contributed by atoms with Gasteiger partial charge in [0.2, 0.25) is 0 Å². The van der Waals surface area contributed by atoms with Crippen molar-refractivity contribution in [2.45, 2.75) is 25.4 Å². The normalized spacial score (nSPS) is 17.6. The smallest absolute Gasteiger partial charge is 0.305 e. The summed E-state index contributed by atoms with van der Waals surface area (Å²) in [5.74, 6) is 0.732. The Morgan fingerprint density at radius 2 is 2.35 bits per heavy atom. The molecule has 2 rings (SSSR count). The quantitative estimate of drug-likeness (QED) is 0.813. The molecule has 0 radical (unpaired) electrons. The van der Waals surface area contributed by atoms with Crippen molar-refractivity contribution in [1.29, 1.82) is 0 Å². The monoisotopic (exact) mass is 235 g/mol. The number of carbonyl (C=O) groups is 1. The van der Waals surface area contributed by atoms with E-state index in [1.165, 1.54) is 7.11 Å². The van der Waals surface area contributed by atoms with E-state index in [9.17, 15) is 4.79 Å². The number of rotatable bonds is 4. The number of hydrogen-bond donors (Lipinski definition) is 1. The van der Waals surface area contributed by atoms with Crippen LogP contribution in [0.1, 0.15) is 19.3 Å². The van der Waals surface area contributed by atoms with Crippen molar-refractivity contribution < 1.29 is 14.3 Å². The van der Waals surface area contributed by atoms with E-state index < -0.39 is 0 Å². The van der Waals surface area contributed by atoms with Crippen LogP contribution in [0.3, 0.4) is 0 Å². The molecule has 0 saturated carbocycles. The summed E-state index contributed by atoms with van der Waals surface area (Å²) in [6.07, 6.45) is 2.24. The molecule has 1 aliphatic heterocycles. The van der Waals surface area contributed by atoms with E-state index in [1.807, 2.05) is 24.3 Å². The molecule has 1 aliphatic rings. The second-order valence-electron chi connectivity index (χ2n) is 4.09. The lowest BCUT2D eigenvalue weighted by atomic mass is 10.1. The van der Waals surface area contributed by atoms with E-state index in [-0.39, 0.29) is 12.1 Å². The van der Waals surface area contributed by atoms with E-state index in [2.05, 4.69) is 10.1 Å². The first kappa shape index (κ1) is 11.8. The van der Waals surface area contributed by atoms with Crippen LogP contribution in [-0.2, 0) is 9.53 Å². The summed E-state index contributed by atoms with van der Waals surface area (Å²) >= 11 is 0. The summed E-state index contributed by atoms with van der Waals surface area (Å²) in [5, 5.41) is 3.32. The first-order chi connectivity index (χ1) is 8.29. The van der Waals surface area contributed by atoms with Crippen molar-refractivity contribution in [3.05, 3.63) is 24.3 Å². The third kappa shape index (κ3) is 3.12. The lowest BCUT2D eigenvalue weighted by Gasteiger charge is -2.27. The van der Waals surface area contributed by atoms with Gasteiger partial charge in [0, 0.05) is 6.42 Å². The molecule has 0 aliphatic carbocycles. The molecule has 0 amide bonds. The van der Waals surface area contributed by atoms with Gasteiger partial charge in [0.15, 0.2) is 0 Å². The van der Waals surface area contributed by atoms with E-state index >= 15 is 0 Å². The van der Waals surface area contributed by atoms with Crippen LogP contribution in [0, 0.1) is 0 Å². The van der Waals surface area contributed by atoms with Gasteiger partial charge in [-0.2, -0.15) is 0 Å². The second-order valence-corrected chi connectivity index (χ2v) is 4.09. The molecule has 0 saturated heterocycles. The molecule has 4 nitrogen and oxygen atoms in total. The molecular weight excluding hydrogens is 218 g/mol. The SMILES string of the molecule is COC(=O)CCCC1CNc2ccccc2O1. The van der Waals surface area contributed by atoms with Gasteiger partial charge < -0.3 is 14.8 Å². The van der Waals surface area contributed by atoms with Crippen molar-refractivity contribution >= 4 is 11.7 Å². The molecular formula is C13H17NO3. The molecule has 17 heavy (non-hydrogen) atoms. The fraction of sp³-hybridized carbons (Fsp3) is 0.462. The van der Waals surface area contributed by atoms with E-state index in [0.29, 0.717) is 6.42 Å². The molecule has 0 aromatic heterocycles. The standard InChI is InChI=1S/C13H17NO3/c1-16-13(15)8-4-5-10-9-14-11-6-2-3-7-12(11)17-10/h2-3,6-7,10,14H,4-5,8-9H2,1H3. The first-order valence-electron chi connectivity index (χ1n) is 5.86. The predicted molar refractivity (Wildman–Crippen MR) is 65.2 cm³/mol. The summed E-state index contributed by atoms with van der Waals surface area (Å²) in [5.41, 5.74) is 1.04. The van der Waals surface area contributed by atoms with Gasteiger partial charge in [0.1, 0.15) is 11.9 Å². The number of anilines is 1. The molecule has 0 fully saturated rings. The minimum Gasteiger partial charge on any atom is -0.486 e. The highest BCUT2D eigenvalue weighted by molar-refractivity contribution is 5.69. The van der Waals surface area contributed by atoms with Crippen molar-refractivity contribution in [3.63, 3.8) is 0 Å². The maximum Gasteiger partial charge on any atom is 0.305 e. The number of benzene rings is 1. The zero-order valence-corrected chi connectivity index (χ0v) is 9.94. The van der Waals surface area contributed by atoms with Crippen molar-refractivity contribution in [1.82, 2.24) is 0 Å². The van der Waals surface area contributed by atoms with Gasteiger partial charge in [-0.15, -0.1) is 0 Å². The highest BCUT2D eigenvalue weighted by Crippen LogP contribution is 2.29. The Morgan fingerprint density at radius 3 is 3.18 bits per heavy atom. The highest BCUT2D eigenvalue weighted by atomic mass is 16.5. The minimum absolute atomic E-state index is 0.134. The van der Waals surface area contributed by atoms with Crippen LogP contribution in [0.2, 0.25) is 0 Å². The van der Waals surface area contributed by atoms with Gasteiger partial charge >= 0.3 is 5.97 Å². The number of ether oxygens (including phenoxy) is 2. The Hall–Kier alpha value is -1.71. The number of nitrogens with one attached hydrogen (secondary N) is 1. The van der Waals surface area contributed by atoms with Crippen LogP contribution in [0.15, 0.2) is 24.3 Å². The Kier molecular flexibility index (Phi) is 3.85. The molecule has 1 unspecified atom stereocenters. The summed E-state index contributed by atoms with van der Waals surface area (Å²) in [6.45, 7) is 0.790. The van der Waals surface area contributed by atoms with Crippen LogP contribution in [0.4, 0.5) is 5.69 Å². The minimum atomic E-state index is -0.158. The molecule has 92 valence electrons. The Morgan fingerprint density at radius 1 is 1.53 bits per heavy atom. The Balaban J connectivity index is 1.80. The van der Waals surface area contributed by atoms with Crippen molar-refractivity contribution in [3.8, 4) is 5.75 Å². The van der Waals surface area contributed by atoms with Gasteiger partial charge in [0.05, 0.1) is 19.3 Å². The average Bonchev–Trinajstić information content (AvgIpc) is 2.38. The molecule has 1 heterocycles. The lowest BCUT2D eigenvalue weighted by molar-refractivity contribution is -0.140. The molecule has 1 atom stereocenters. The summed E-state index contributed by atoms with van der Waals surface area (Å²) in [6, 6.07) is 7.89. The van der Waals surface area contributed by atoms with Gasteiger partial charge in [-0.3, -0.25) is 4.79 Å². The molecule has 0 spiro atoms. The summed E-state index contributed by atoms with van der Waals surface area (Å²) in [7, 11) is 1.41. The van der Waals surface area contributed by atoms with Gasteiger partial charge in [0.25, 0.3) is 0 Å². The number of carbonyl (C=O) groups excluding carboxylic acids is 1. The molecule has 1 aromatic carbocycles. The Labute approximate surface area is 101 Å². The molecule has 1 aromatic rings. The van der Waals surface area contributed by atoms with Crippen LogP contribution in [0.25, 0.3) is 0 Å². The van der Waals surface area contributed by atoms with Crippen LogP contribution >= 0.6 is 0 Å². The second kappa shape index (κ2) is 5.57. The fourth-order valence-electron chi connectivity index (χ4n) is 1.90. The number of esters is 1. The van der Waals surface area contributed by atoms with Gasteiger partial charge in [-0.05, 0) is 25.0 Å². The number of para-hydroxylation sites is 2. The van der Waals surface area contributed by atoms with Crippen LogP contribution in [-0.4, -0.2) is 25.7 Å². The van der Waals surface area contributed by atoms with Gasteiger partial charge in [-0.25, -0.2) is 0 Å². The molecule has 1 N–H and O–H groups in total. The van der Waals surface area contributed by atoms with Crippen molar-refractivity contribution in [2.24, 2.45) is 0 Å². The predicted octanol–water partition coefficient (Wildman–Crippen LogP) is 2.20.